The highest BCUT2D eigenvalue weighted by molar-refractivity contribution is 6.19. The molecule has 0 atom stereocenters. The molecule has 0 saturated heterocycles. The van der Waals surface area contributed by atoms with Crippen molar-refractivity contribution in [2.45, 2.75) is 26.2 Å². The Hall–Kier alpha value is -5.72. The Labute approximate surface area is 281 Å². The van der Waals surface area contributed by atoms with Crippen LogP contribution < -0.4 is 0 Å². The maximum Gasteiger partial charge on any atom is -0.00204 e. The zero-order valence-electron chi connectivity index (χ0n) is 27.6. The van der Waals surface area contributed by atoms with Crippen LogP contribution in [0.1, 0.15) is 26.3 Å². The zero-order chi connectivity index (χ0) is 32.4. The Balaban J connectivity index is 1.25. The van der Waals surface area contributed by atoms with Gasteiger partial charge in [-0.1, -0.05) is 166 Å². The molecular weight excluding hydrogens is 577 g/mol. The average molecular weight is 613 g/mol. The number of hydrogen-bond acceptors (Lipinski definition) is 0. The highest BCUT2D eigenvalue weighted by atomic mass is 14.3. The largest absolute Gasteiger partial charge is 0.0616 e. The molecule has 0 N–H and O–H groups in total. The van der Waals surface area contributed by atoms with Crippen molar-refractivity contribution in [2.24, 2.45) is 0 Å². The monoisotopic (exact) mass is 612 g/mol. The molecule has 0 bridgehead atoms. The Morgan fingerprint density at radius 3 is 1.48 bits per heavy atom. The van der Waals surface area contributed by atoms with E-state index in [-0.39, 0.29) is 5.41 Å². The van der Waals surface area contributed by atoms with Crippen LogP contribution in [0.3, 0.4) is 0 Å². The second-order valence-corrected chi connectivity index (χ2v) is 14.1. The normalized spacial score (nSPS) is 12.1. The van der Waals surface area contributed by atoms with Gasteiger partial charge in [-0.3, -0.25) is 0 Å². The minimum atomic E-state index is -0.0465. The second kappa shape index (κ2) is 10.9. The molecule has 0 aromatic heterocycles. The van der Waals surface area contributed by atoms with Crippen molar-refractivity contribution < 1.29 is 0 Å². The van der Waals surface area contributed by atoms with Crippen LogP contribution in [0.2, 0.25) is 0 Å². The minimum absolute atomic E-state index is 0.0465. The summed E-state index contributed by atoms with van der Waals surface area (Å²) in [6.45, 7) is 7.05. The van der Waals surface area contributed by atoms with Gasteiger partial charge in [-0.25, -0.2) is 0 Å². The van der Waals surface area contributed by atoms with Gasteiger partial charge in [-0.15, -0.1) is 0 Å². The predicted molar refractivity (Wildman–Crippen MR) is 209 cm³/mol. The summed E-state index contributed by atoms with van der Waals surface area (Å²) in [6.07, 6.45) is 0. The number of fused-ring (bicyclic) bond motifs is 5. The molecule has 0 radical (unpaired) electrons. The summed E-state index contributed by atoms with van der Waals surface area (Å²) in [6, 6.07) is 60.7. The molecule has 0 amide bonds. The van der Waals surface area contributed by atoms with E-state index in [9.17, 15) is 0 Å². The molecule has 0 aliphatic heterocycles. The van der Waals surface area contributed by atoms with E-state index >= 15 is 0 Å². The maximum atomic E-state index is 2.45. The lowest BCUT2D eigenvalue weighted by molar-refractivity contribution is 0.601. The third kappa shape index (κ3) is 4.60. The topological polar surface area (TPSA) is 0 Å². The third-order valence-electron chi connectivity index (χ3n) is 10.1. The quantitative estimate of drug-likeness (QED) is 0.174. The van der Waals surface area contributed by atoms with E-state index in [0.717, 1.165) is 0 Å². The fourth-order valence-corrected chi connectivity index (χ4v) is 7.97. The fourth-order valence-electron chi connectivity index (χ4n) is 7.97. The molecule has 0 aliphatic rings. The van der Waals surface area contributed by atoms with Gasteiger partial charge in [0.05, 0.1) is 0 Å². The van der Waals surface area contributed by atoms with Gasteiger partial charge in [0.1, 0.15) is 0 Å². The van der Waals surface area contributed by atoms with Crippen LogP contribution in [0.15, 0.2) is 164 Å². The number of benzene rings is 9. The summed E-state index contributed by atoms with van der Waals surface area (Å²) in [7, 11) is 0. The SMILES string of the molecule is CC(C)(C)c1c2ccccc2c(-c2cccc3ccccc23)c2ccc(-c3ccc4cc(-c5cccc6ccccc56)ccc4c3)cc12. The van der Waals surface area contributed by atoms with Crippen molar-refractivity contribution in [2.75, 3.05) is 0 Å². The van der Waals surface area contributed by atoms with E-state index < -0.39 is 0 Å². The summed E-state index contributed by atoms with van der Waals surface area (Å²) >= 11 is 0. The van der Waals surface area contributed by atoms with E-state index in [1.165, 1.54) is 92.8 Å². The summed E-state index contributed by atoms with van der Waals surface area (Å²) in [4.78, 5) is 0. The van der Waals surface area contributed by atoms with Crippen molar-refractivity contribution in [3.63, 3.8) is 0 Å². The Morgan fingerprint density at radius 2 is 0.792 bits per heavy atom. The molecule has 9 aromatic carbocycles. The smallest absolute Gasteiger partial charge is 0.00204 e. The molecule has 48 heavy (non-hydrogen) atoms. The standard InChI is InChI=1S/C48H36/c1-48(2,3)47-44-19-9-8-18-42(44)46(41-21-11-15-32-13-5-7-17-39(32)41)43-27-26-36(30-45(43)47)34-22-23-35-29-37(25-24-33(35)28-34)40-20-10-14-31-12-4-6-16-38(31)40/h4-30H,1-3H3. The molecule has 0 heterocycles. The molecule has 0 aliphatic carbocycles. The Bertz CT molecular complexity index is 2690. The van der Waals surface area contributed by atoms with Crippen LogP contribution in [-0.4, -0.2) is 0 Å². The van der Waals surface area contributed by atoms with Gasteiger partial charge in [-0.2, -0.15) is 0 Å². The van der Waals surface area contributed by atoms with Crippen molar-refractivity contribution in [1.82, 2.24) is 0 Å². The van der Waals surface area contributed by atoms with Crippen LogP contribution in [0.5, 0.6) is 0 Å². The van der Waals surface area contributed by atoms with Gasteiger partial charge in [0.2, 0.25) is 0 Å². The molecule has 0 nitrogen and oxygen atoms in total. The highest BCUT2D eigenvalue weighted by Gasteiger charge is 2.24. The summed E-state index contributed by atoms with van der Waals surface area (Å²) in [5, 5.41) is 12.9. The number of hydrogen-bond donors (Lipinski definition) is 0. The minimum Gasteiger partial charge on any atom is -0.0616 e. The van der Waals surface area contributed by atoms with Crippen molar-refractivity contribution in [3.05, 3.63) is 169 Å². The van der Waals surface area contributed by atoms with Crippen molar-refractivity contribution in [1.29, 1.82) is 0 Å². The number of rotatable bonds is 3. The van der Waals surface area contributed by atoms with E-state index in [0.29, 0.717) is 0 Å². The summed E-state index contributed by atoms with van der Waals surface area (Å²) in [5.74, 6) is 0. The second-order valence-electron chi connectivity index (χ2n) is 14.1. The van der Waals surface area contributed by atoms with E-state index in [4.69, 9.17) is 0 Å². The molecule has 228 valence electrons. The van der Waals surface area contributed by atoms with Crippen molar-refractivity contribution in [3.8, 4) is 33.4 Å². The molecular formula is C48H36. The first-order valence-electron chi connectivity index (χ1n) is 16.9. The molecule has 0 spiro atoms. The summed E-state index contributed by atoms with van der Waals surface area (Å²) in [5.41, 5.74) is 8.97. The first-order chi connectivity index (χ1) is 23.4. The molecule has 0 unspecified atom stereocenters. The van der Waals surface area contributed by atoms with Crippen LogP contribution in [0.4, 0.5) is 0 Å². The van der Waals surface area contributed by atoms with Gasteiger partial charge in [0.25, 0.3) is 0 Å². The first-order valence-corrected chi connectivity index (χ1v) is 16.9. The van der Waals surface area contributed by atoms with Crippen LogP contribution >= 0.6 is 0 Å². The lowest BCUT2D eigenvalue weighted by Gasteiger charge is -2.27. The van der Waals surface area contributed by atoms with Gasteiger partial charge in [-0.05, 0) is 116 Å². The summed E-state index contributed by atoms with van der Waals surface area (Å²) < 4.78 is 0. The van der Waals surface area contributed by atoms with Crippen LogP contribution in [0.25, 0.3) is 87.2 Å². The Kier molecular flexibility index (Phi) is 6.49. The molecule has 0 fully saturated rings. The first kappa shape index (κ1) is 28.5. The van der Waals surface area contributed by atoms with Crippen molar-refractivity contribution >= 4 is 53.9 Å². The molecule has 9 aromatic rings. The average Bonchev–Trinajstić information content (AvgIpc) is 3.12. The van der Waals surface area contributed by atoms with E-state index in [2.05, 4.69) is 185 Å². The predicted octanol–water partition coefficient (Wildman–Crippen LogP) is 13.8. The third-order valence-corrected chi connectivity index (χ3v) is 10.1. The lowest BCUT2D eigenvalue weighted by Crippen LogP contribution is -2.13. The molecule has 9 rings (SSSR count). The fraction of sp³-hybridized carbons (Fsp3) is 0.0833. The van der Waals surface area contributed by atoms with Gasteiger partial charge >= 0.3 is 0 Å². The maximum absolute atomic E-state index is 2.45. The van der Waals surface area contributed by atoms with Crippen LogP contribution in [-0.2, 0) is 5.41 Å². The molecule has 0 heteroatoms. The molecule has 0 saturated carbocycles. The van der Waals surface area contributed by atoms with Gasteiger partial charge in [0, 0.05) is 0 Å². The zero-order valence-corrected chi connectivity index (χ0v) is 27.6. The Morgan fingerprint density at radius 1 is 0.312 bits per heavy atom. The van der Waals surface area contributed by atoms with Crippen LogP contribution in [0, 0.1) is 0 Å². The lowest BCUT2D eigenvalue weighted by atomic mass is 9.77. The van der Waals surface area contributed by atoms with E-state index in [1.807, 2.05) is 0 Å². The highest BCUT2D eigenvalue weighted by Crippen LogP contribution is 2.46. The van der Waals surface area contributed by atoms with Gasteiger partial charge < -0.3 is 0 Å². The van der Waals surface area contributed by atoms with E-state index in [1.54, 1.807) is 0 Å². The van der Waals surface area contributed by atoms with Gasteiger partial charge in [0.15, 0.2) is 0 Å².